The van der Waals surface area contributed by atoms with Crippen molar-refractivity contribution >= 4 is 5.91 Å². The van der Waals surface area contributed by atoms with E-state index in [1.54, 1.807) is 28.9 Å². The molecule has 0 bridgehead atoms. The minimum atomic E-state index is -0.397. The minimum Gasteiger partial charge on any atom is -0.349 e. The number of hydrogen-bond donors (Lipinski definition) is 1. The van der Waals surface area contributed by atoms with Crippen LogP contribution in [0.15, 0.2) is 59.7 Å². The molecule has 32 heavy (non-hydrogen) atoms. The Labute approximate surface area is 182 Å². The Morgan fingerprint density at radius 2 is 1.81 bits per heavy atom. The van der Waals surface area contributed by atoms with Gasteiger partial charge in [0.1, 0.15) is 18.7 Å². The van der Waals surface area contributed by atoms with Crippen LogP contribution >= 0.6 is 0 Å². The van der Waals surface area contributed by atoms with E-state index < -0.39 is 11.5 Å². The summed E-state index contributed by atoms with van der Waals surface area (Å²) in [4.78, 5) is 32.9. The molecule has 4 rings (SSSR count). The van der Waals surface area contributed by atoms with Crippen molar-refractivity contribution in [2.45, 2.75) is 26.9 Å². The summed E-state index contributed by atoms with van der Waals surface area (Å²) in [5, 5.41) is 11.3. The largest absolute Gasteiger partial charge is 0.349 e. The first kappa shape index (κ1) is 21.0. The smallest absolute Gasteiger partial charge is 0.267 e. The summed E-state index contributed by atoms with van der Waals surface area (Å²) < 4.78 is 15.8. The van der Waals surface area contributed by atoms with Crippen LogP contribution < -0.4 is 10.9 Å². The summed E-state index contributed by atoms with van der Waals surface area (Å²) in [6.45, 7) is 3.64. The zero-order valence-corrected chi connectivity index (χ0v) is 17.5. The van der Waals surface area contributed by atoms with Gasteiger partial charge in [-0.1, -0.05) is 0 Å². The molecule has 0 fully saturated rings. The van der Waals surface area contributed by atoms with Gasteiger partial charge in [-0.2, -0.15) is 5.10 Å². The molecule has 0 spiro atoms. The SMILES string of the molecule is Cc1cc(C)n(-c2ccc(=O)n(CC(=O)NCc3cc(-c4ccc(F)cc4)ncn3)n2)n1. The Morgan fingerprint density at radius 3 is 2.53 bits per heavy atom. The number of hydrogen-bond acceptors (Lipinski definition) is 6. The Balaban J connectivity index is 1.44. The van der Waals surface area contributed by atoms with E-state index in [0.29, 0.717) is 17.2 Å². The molecule has 0 unspecified atom stereocenters. The zero-order valence-electron chi connectivity index (χ0n) is 17.5. The number of benzene rings is 1. The average molecular weight is 433 g/mol. The predicted octanol–water partition coefficient (Wildman–Crippen LogP) is 1.96. The van der Waals surface area contributed by atoms with E-state index in [0.717, 1.165) is 21.6 Å². The minimum absolute atomic E-state index is 0.140. The van der Waals surface area contributed by atoms with Gasteiger partial charge in [0.15, 0.2) is 5.82 Å². The van der Waals surface area contributed by atoms with Crippen molar-refractivity contribution in [2.75, 3.05) is 0 Å². The highest BCUT2D eigenvalue weighted by Gasteiger charge is 2.11. The first-order valence-electron chi connectivity index (χ1n) is 9.84. The average Bonchev–Trinajstić information content (AvgIpc) is 3.12. The second-order valence-electron chi connectivity index (χ2n) is 7.20. The standard InChI is InChI=1S/C22H20FN7O2/c1-14-9-15(2)30(27-14)20-7-8-22(32)29(28-20)12-21(31)24-11-18-10-19(26-13-25-18)16-3-5-17(23)6-4-16/h3-10,13H,11-12H2,1-2H3,(H,24,31). The predicted molar refractivity (Wildman–Crippen MR) is 114 cm³/mol. The zero-order chi connectivity index (χ0) is 22.7. The summed E-state index contributed by atoms with van der Waals surface area (Å²) in [5.41, 5.74) is 3.21. The fraction of sp³-hybridized carbons (Fsp3) is 0.182. The van der Waals surface area contributed by atoms with Crippen LogP contribution in [0.2, 0.25) is 0 Å². The summed E-state index contributed by atoms with van der Waals surface area (Å²) in [7, 11) is 0. The van der Waals surface area contributed by atoms with E-state index >= 15 is 0 Å². The van der Waals surface area contributed by atoms with Gasteiger partial charge >= 0.3 is 0 Å². The highest BCUT2D eigenvalue weighted by atomic mass is 19.1. The molecule has 0 radical (unpaired) electrons. The van der Waals surface area contributed by atoms with Crippen LogP contribution in [0, 0.1) is 19.7 Å². The van der Waals surface area contributed by atoms with Gasteiger partial charge < -0.3 is 5.32 Å². The number of aromatic nitrogens is 6. The second-order valence-corrected chi connectivity index (χ2v) is 7.20. The highest BCUT2D eigenvalue weighted by molar-refractivity contribution is 5.75. The quantitative estimate of drug-likeness (QED) is 0.498. The summed E-state index contributed by atoms with van der Waals surface area (Å²) in [6.07, 6.45) is 1.38. The molecule has 0 aliphatic rings. The van der Waals surface area contributed by atoms with E-state index in [1.165, 1.54) is 24.5 Å². The van der Waals surface area contributed by atoms with Crippen LogP contribution in [0.25, 0.3) is 17.1 Å². The van der Waals surface area contributed by atoms with Crippen molar-refractivity contribution in [3.8, 4) is 17.1 Å². The third-order valence-corrected chi connectivity index (χ3v) is 4.70. The van der Waals surface area contributed by atoms with Crippen LogP contribution in [0.5, 0.6) is 0 Å². The van der Waals surface area contributed by atoms with E-state index in [9.17, 15) is 14.0 Å². The van der Waals surface area contributed by atoms with Gasteiger partial charge in [-0.05, 0) is 56.3 Å². The first-order chi connectivity index (χ1) is 15.4. The summed E-state index contributed by atoms with van der Waals surface area (Å²) >= 11 is 0. The number of aryl methyl sites for hydroxylation is 2. The van der Waals surface area contributed by atoms with E-state index in [-0.39, 0.29) is 18.9 Å². The molecule has 162 valence electrons. The van der Waals surface area contributed by atoms with Crippen molar-refractivity contribution in [1.29, 1.82) is 0 Å². The van der Waals surface area contributed by atoms with Crippen molar-refractivity contribution in [1.82, 2.24) is 34.8 Å². The van der Waals surface area contributed by atoms with Gasteiger partial charge in [-0.3, -0.25) is 9.59 Å². The molecular weight excluding hydrogens is 413 g/mol. The Bertz CT molecular complexity index is 1330. The van der Waals surface area contributed by atoms with Gasteiger partial charge in [-0.25, -0.2) is 23.7 Å². The molecule has 1 amide bonds. The topological polar surface area (TPSA) is 108 Å². The van der Waals surface area contributed by atoms with Crippen LogP contribution in [0.3, 0.4) is 0 Å². The lowest BCUT2D eigenvalue weighted by molar-refractivity contribution is -0.122. The molecule has 0 aliphatic carbocycles. The highest BCUT2D eigenvalue weighted by Crippen LogP contribution is 2.17. The molecule has 0 atom stereocenters. The number of carbonyl (C=O) groups excluding carboxylic acids is 1. The fourth-order valence-electron chi connectivity index (χ4n) is 3.18. The van der Waals surface area contributed by atoms with Crippen molar-refractivity contribution < 1.29 is 9.18 Å². The number of carbonyl (C=O) groups is 1. The molecule has 4 aromatic rings. The third kappa shape index (κ3) is 4.75. The number of nitrogens with one attached hydrogen (secondary N) is 1. The molecule has 0 saturated carbocycles. The van der Waals surface area contributed by atoms with E-state index in [1.807, 2.05) is 19.9 Å². The number of nitrogens with zero attached hydrogens (tertiary/aromatic N) is 6. The maximum absolute atomic E-state index is 13.1. The van der Waals surface area contributed by atoms with Crippen LogP contribution in [0.4, 0.5) is 4.39 Å². The molecule has 1 aromatic carbocycles. The Kier molecular flexibility index (Phi) is 5.84. The van der Waals surface area contributed by atoms with Gasteiger partial charge in [-0.15, -0.1) is 5.10 Å². The number of amides is 1. The van der Waals surface area contributed by atoms with Crippen LogP contribution in [-0.4, -0.2) is 35.4 Å². The molecule has 10 heteroatoms. The lowest BCUT2D eigenvalue weighted by atomic mass is 10.1. The van der Waals surface area contributed by atoms with E-state index in [2.05, 4.69) is 25.5 Å². The monoisotopic (exact) mass is 433 g/mol. The summed E-state index contributed by atoms with van der Waals surface area (Å²) in [5.74, 6) is -0.282. The van der Waals surface area contributed by atoms with Crippen molar-refractivity contribution in [2.24, 2.45) is 0 Å². The van der Waals surface area contributed by atoms with Gasteiger partial charge in [0.05, 0.1) is 23.6 Å². The van der Waals surface area contributed by atoms with Gasteiger partial charge in [0.2, 0.25) is 5.91 Å². The molecule has 3 aromatic heterocycles. The molecule has 0 saturated heterocycles. The molecule has 9 nitrogen and oxygen atoms in total. The third-order valence-electron chi connectivity index (χ3n) is 4.70. The number of rotatable bonds is 6. The van der Waals surface area contributed by atoms with Gasteiger partial charge in [0.25, 0.3) is 5.56 Å². The lowest BCUT2D eigenvalue weighted by Gasteiger charge is -2.09. The van der Waals surface area contributed by atoms with Crippen LogP contribution in [-0.2, 0) is 17.9 Å². The molecular formula is C22H20FN7O2. The number of halogens is 1. The first-order valence-corrected chi connectivity index (χ1v) is 9.84. The molecule has 0 aliphatic heterocycles. The second kappa shape index (κ2) is 8.88. The molecule has 3 heterocycles. The van der Waals surface area contributed by atoms with Crippen molar-refractivity contribution in [3.05, 3.63) is 88.1 Å². The fourth-order valence-corrected chi connectivity index (χ4v) is 3.18. The normalized spacial score (nSPS) is 10.8. The van der Waals surface area contributed by atoms with Gasteiger partial charge in [0, 0.05) is 17.3 Å². The Hall–Kier alpha value is -4.21. The Morgan fingerprint density at radius 1 is 1.03 bits per heavy atom. The maximum Gasteiger partial charge on any atom is 0.267 e. The maximum atomic E-state index is 13.1. The summed E-state index contributed by atoms with van der Waals surface area (Å²) in [6, 6.07) is 12.5. The van der Waals surface area contributed by atoms with Crippen LogP contribution in [0.1, 0.15) is 17.1 Å². The molecule has 1 N–H and O–H groups in total. The van der Waals surface area contributed by atoms with E-state index in [4.69, 9.17) is 0 Å². The lowest BCUT2D eigenvalue weighted by Crippen LogP contribution is -2.33. The van der Waals surface area contributed by atoms with Crippen molar-refractivity contribution in [3.63, 3.8) is 0 Å².